The van der Waals surface area contributed by atoms with Crippen LogP contribution in [0.3, 0.4) is 0 Å². The van der Waals surface area contributed by atoms with Crippen LogP contribution in [0.25, 0.3) is 10.9 Å². The fourth-order valence-corrected chi connectivity index (χ4v) is 2.56. The lowest BCUT2D eigenvalue weighted by molar-refractivity contribution is 0.102. The van der Waals surface area contributed by atoms with E-state index in [2.05, 4.69) is 31.2 Å². The molecule has 2 aromatic heterocycles. The number of benzene rings is 1. The number of carbonyl (C=O) groups excluding carboxylic acids is 1. The van der Waals surface area contributed by atoms with E-state index in [4.69, 9.17) is 11.6 Å². The maximum Gasteiger partial charge on any atom is 0.255 e. The van der Waals surface area contributed by atoms with E-state index in [-0.39, 0.29) is 5.91 Å². The SMILES string of the molecule is O=C(Nc1ccc(Cl)c2ncccc12)c1ccnc(Br)c1. The monoisotopic (exact) mass is 361 g/mol. The van der Waals surface area contributed by atoms with Crippen LogP contribution in [0.2, 0.25) is 5.02 Å². The summed E-state index contributed by atoms with van der Waals surface area (Å²) in [6.45, 7) is 0. The molecule has 1 aromatic carbocycles. The van der Waals surface area contributed by atoms with Crippen molar-refractivity contribution < 1.29 is 4.79 Å². The molecular formula is C15H9BrClN3O. The first-order valence-electron chi connectivity index (χ1n) is 6.11. The van der Waals surface area contributed by atoms with E-state index in [0.717, 1.165) is 5.39 Å². The van der Waals surface area contributed by atoms with Gasteiger partial charge in [-0.1, -0.05) is 11.6 Å². The van der Waals surface area contributed by atoms with Crippen LogP contribution in [0, 0.1) is 0 Å². The molecule has 0 unspecified atom stereocenters. The molecular weight excluding hydrogens is 354 g/mol. The average molecular weight is 363 g/mol. The van der Waals surface area contributed by atoms with E-state index in [1.165, 1.54) is 0 Å². The third kappa shape index (κ3) is 2.89. The lowest BCUT2D eigenvalue weighted by atomic mass is 10.1. The molecule has 0 atom stereocenters. The topological polar surface area (TPSA) is 54.9 Å². The quantitative estimate of drug-likeness (QED) is 0.692. The minimum Gasteiger partial charge on any atom is -0.321 e. The highest BCUT2D eigenvalue weighted by Crippen LogP contribution is 2.28. The fraction of sp³-hybridized carbons (Fsp3) is 0. The van der Waals surface area contributed by atoms with Gasteiger partial charge in [0, 0.05) is 23.3 Å². The van der Waals surface area contributed by atoms with Crippen molar-refractivity contribution in [3.8, 4) is 0 Å². The highest BCUT2D eigenvalue weighted by atomic mass is 79.9. The van der Waals surface area contributed by atoms with Gasteiger partial charge in [-0.2, -0.15) is 0 Å². The first-order valence-corrected chi connectivity index (χ1v) is 7.28. The molecule has 0 radical (unpaired) electrons. The lowest BCUT2D eigenvalue weighted by Gasteiger charge is -2.09. The van der Waals surface area contributed by atoms with Gasteiger partial charge in [-0.05, 0) is 52.3 Å². The van der Waals surface area contributed by atoms with Crippen molar-refractivity contribution in [3.63, 3.8) is 0 Å². The molecule has 0 bridgehead atoms. The summed E-state index contributed by atoms with van der Waals surface area (Å²) in [7, 11) is 0. The second-order valence-electron chi connectivity index (χ2n) is 4.32. The Morgan fingerprint density at radius 3 is 2.81 bits per heavy atom. The van der Waals surface area contributed by atoms with Gasteiger partial charge in [-0.15, -0.1) is 0 Å². The Balaban J connectivity index is 1.99. The number of hydrogen-bond acceptors (Lipinski definition) is 3. The number of amides is 1. The normalized spacial score (nSPS) is 10.6. The third-order valence-corrected chi connectivity index (χ3v) is 3.70. The summed E-state index contributed by atoms with van der Waals surface area (Å²) in [5, 5.41) is 4.22. The van der Waals surface area contributed by atoms with E-state index in [0.29, 0.717) is 26.4 Å². The number of nitrogens with one attached hydrogen (secondary N) is 1. The van der Waals surface area contributed by atoms with Crippen molar-refractivity contribution in [1.29, 1.82) is 0 Å². The molecule has 0 spiro atoms. The Kier molecular flexibility index (Phi) is 3.86. The maximum atomic E-state index is 12.3. The number of hydrogen-bond donors (Lipinski definition) is 1. The molecule has 0 fully saturated rings. The van der Waals surface area contributed by atoms with E-state index in [1.54, 1.807) is 42.7 Å². The van der Waals surface area contributed by atoms with Gasteiger partial charge >= 0.3 is 0 Å². The molecule has 21 heavy (non-hydrogen) atoms. The predicted molar refractivity (Wildman–Crippen MR) is 86.6 cm³/mol. The molecule has 0 saturated carbocycles. The Hall–Kier alpha value is -1.98. The highest BCUT2D eigenvalue weighted by molar-refractivity contribution is 9.10. The van der Waals surface area contributed by atoms with E-state index in [1.807, 2.05) is 6.07 Å². The van der Waals surface area contributed by atoms with Crippen LogP contribution < -0.4 is 5.32 Å². The summed E-state index contributed by atoms with van der Waals surface area (Å²) < 4.78 is 0.609. The van der Waals surface area contributed by atoms with Crippen LogP contribution in [0.15, 0.2) is 53.4 Å². The zero-order valence-electron chi connectivity index (χ0n) is 10.7. The lowest BCUT2D eigenvalue weighted by Crippen LogP contribution is -2.12. The van der Waals surface area contributed by atoms with Gasteiger partial charge in [0.05, 0.1) is 16.2 Å². The van der Waals surface area contributed by atoms with Crippen molar-refractivity contribution >= 4 is 50.0 Å². The van der Waals surface area contributed by atoms with E-state index >= 15 is 0 Å². The minimum atomic E-state index is -0.217. The van der Waals surface area contributed by atoms with Crippen LogP contribution in [0.1, 0.15) is 10.4 Å². The van der Waals surface area contributed by atoms with Crippen LogP contribution in [0.4, 0.5) is 5.69 Å². The second-order valence-corrected chi connectivity index (χ2v) is 5.54. The molecule has 0 aliphatic rings. The Morgan fingerprint density at radius 1 is 1.14 bits per heavy atom. The second kappa shape index (κ2) is 5.79. The first kappa shape index (κ1) is 14.0. The first-order chi connectivity index (χ1) is 10.1. The molecule has 3 aromatic rings. The highest BCUT2D eigenvalue weighted by Gasteiger charge is 2.10. The largest absolute Gasteiger partial charge is 0.321 e. The van der Waals surface area contributed by atoms with Gasteiger partial charge in [-0.3, -0.25) is 9.78 Å². The molecule has 104 valence electrons. The smallest absolute Gasteiger partial charge is 0.255 e. The standard InChI is InChI=1S/C15H9BrClN3O/c16-13-8-9(5-7-18-13)15(21)20-12-4-3-11(17)14-10(12)2-1-6-19-14/h1-8H,(H,20,21). The van der Waals surface area contributed by atoms with Crippen molar-refractivity contribution in [2.24, 2.45) is 0 Å². The number of carbonyl (C=O) groups is 1. The molecule has 1 amide bonds. The average Bonchev–Trinajstić information content (AvgIpc) is 2.50. The molecule has 2 heterocycles. The third-order valence-electron chi connectivity index (χ3n) is 2.96. The molecule has 4 nitrogen and oxygen atoms in total. The van der Waals surface area contributed by atoms with E-state index < -0.39 is 0 Å². The Bertz CT molecular complexity index is 838. The summed E-state index contributed by atoms with van der Waals surface area (Å²) in [5.41, 5.74) is 1.84. The van der Waals surface area contributed by atoms with Crippen LogP contribution in [-0.2, 0) is 0 Å². The number of pyridine rings is 2. The molecule has 0 aliphatic carbocycles. The number of fused-ring (bicyclic) bond motifs is 1. The summed E-state index contributed by atoms with van der Waals surface area (Å²) in [4.78, 5) is 20.5. The Morgan fingerprint density at radius 2 is 2.00 bits per heavy atom. The zero-order valence-corrected chi connectivity index (χ0v) is 13.0. The van der Waals surface area contributed by atoms with Crippen molar-refractivity contribution in [3.05, 3.63) is 64.0 Å². The van der Waals surface area contributed by atoms with Crippen LogP contribution in [-0.4, -0.2) is 15.9 Å². The Labute approximate surface area is 134 Å². The summed E-state index contributed by atoms with van der Waals surface area (Å²) >= 11 is 9.36. The number of rotatable bonds is 2. The van der Waals surface area contributed by atoms with Crippen molar-refractivity contribution in [1.82, 2.24) is 9.97 Å². The predicted octanol–water partition coefficient (Wildman–Crippen LogP) is 4.30. The molecule has 0 saturated heterocycles. The zero-order chi connectivity index (χ0) is 14.8. The van der Waals surface area contributed by atoms with Crippen molar-refractivity contribution in [2.75, 3.05) is 5.32 Å². The molecule has 0 aliphatic heterocycles. The van der Waals surface area contributed by atoms with Gasteiger partial charge in [0.2, 0.25) is 0 Å². The van der Waals surface area contributed by atoms with Gasteiger partial charge in [0.1, 0.15) is 4.60 Å². The van der Waals surface area contributed by atoms with Gasteiger partial charge < -0.3 is 5.32 Å². The number of anilines is 1. The van der Waals surface area contributed by atoms with Gasteiger partial charge in [0.25, 0.3) is 5.91 Å². The number of aromatic nitrogens is 2. The molecule has 1 N–H and O–H groups in total. The molecule has 6 heteroatoms. The van der Waals surface area contributed by atoms with E-state index in [9.17, 15) is 4.79 Å². The number of nitrogens with zero attached hydrogens (tertiary/aromatic N) is 2. The van der Waals surface area contributed by atoms with Gasteiger partial charge in [-0.25, -0.2) is 4.98 Å². The summed E-state index contributed by atoms with van der Waals surface area (Å²) in [6.07, 6.45) is 3.24. The minimum absolute atomic E-state index is 0.217. The van der Waals surface area contributed by atoms with Crippen LogP contribution >= 0.6 is 27.5 Å². The maximum absolute atomic E-state index is 12.3. The van der Waals surface area contributed by atoms with Crippen molar-refractivity contribution in [2.45, 2.75) is 0 Å². The fourth-order valence-electron chi connectivity index (χ4n) is 1.99. The van der Waals surface area contributed by atoms with Crippen LogP contribution in [0.5, 0.6) is 0 Å². The summed E-state index contributed by atoms with van der Waals surface area (Å²) in [5.74, 6) is -0.217. The molecule has 3 rings (SSSR count). The summed E-state index contributed by atoms with van der Waals surface area (Å²) in [6, 6.07) is 10.5. The van der Waals surface area contributed by atoms with Gasteiger partial charge in [0.15, 0.2) is 0 Å². The number of halogens is 2.